The Labute approximate surface area is 158 Å². The molecule has 0 unspecified atom stereocenters. The van der Waals surface area contributed by atoms with Gasteiger partial charge in [-0.2, -0.15) is 5.10 Å². The first-order valence-corrected chi connectivity index (χ1v) is 9.36. The van der Waals surface area contributed by atoms with Crippen molar-refractivity contribution in [2.75, 3.05) is 18.4 Å². The number of likely N-dealkylation sites (tertiary alicyclic amines) is 1. The van der Waals surface area contributed by atoms with Gasteiger partial charge in [-0.1, -0.05) is 12.1 Å². The Morgan fingerprint density at radius 2 is 2.11 bits per heavy atom. The van der Waals surface area contributed by atoms with Crippen LogP contribution < -0.4 is 5.32 Å². The molecule has 6 nitrogen and oxygen atoms in total. The van der Waals surface area contributed by atoms with E-state index in [0.717, 1.165) is 60.9 Å². The van der Waals surface area contributed by atoms with Gasteiger partial charge in [0.2, 0.25) is 5.91 Å². The minimum atomic E-state index is 0.0513. The lowest BCUT2D eigenvalue weighted by atomic mass is 9.95. The SMILES string of the molecule is Cc1ccc(CN2CCC(C(=O)Nc3cccc(-c4ccn[nH]4)c3)CC2)o1. The van der Waals surface area contributed by atoms with Crippen molar-refractivity contribution < 1.29 is 9.21 Å². The molecule has 140 valence electrons. The maximum atomic E-state index is 12.7. The number of hydrogen-bond donors (Lipinski definition) is 2. The number of aromatic nitrogens is 2. The third-order valence-corrected chi connectivity index (χ3v) is 5.08. The summed E-state index contributed by atoms with van der Waals surface area (Å²) in [6.07, 6.45) is 3.45. The fraction of sp³-hybridized carbons (Fsp3) is 0.333. The Hall–Kier alpha value is -2.86. The van der Waals surface area contributed by atoms with Gasteiger partial charge in [0, 0.05) is 23.4 Å². The predicted octanol–water partition coefficient (Wildman–Crippen LogP) is 3.83. The van der Waals surface area contributed by atoms with E-state index in [0.29, 0.717) is 0 Å². The van der Waals surface area contributed by atoms with Crippen LogP contribution >= 0.6 is 0 Å². The average Bonchev–Trinajstić information content (AvgIpc) is 3.35. The van der Waals surface area contributed by atoms with Crippen molar-refractivity contribution in [2.45, 2.75) is 26.3 Å². The highest BCUT2D eigenvalue weighted by molar-refractivity contribution is 5.93. The fourth-order valence-electron chi connectivity index (χ4n) is 3.57. The minimum Gasteiger partial charge on any atom is -0.465 e. The summed E-state index contributed by atoms with van der Waals surface area (Å²) in [5.74, 6) is 2.09. The Morgan fingerprint density at radius 3 is 2.81 bits per heavy atom. The molecule has 1 amide bonds. The number of furan rings is 1. The third-order valence-electron chi connectivity index (χ3n) is 5.08. The van der Waals surface area contributed by atoms with Crippen LogP contribution in [0.25, 0.3) is 11.3 Å². The predicted molar refractivity (Wildman–Crippen MR) is 104 cm³/mol. The van der Waals surface area contributed by atoms with Crippen molar-refractivity contribution in [3.63, 3.8) is 0 Å². The van der Waals surface area contributed by atoms with Gasteiger partial charge < -0.3 is 9.73 Å². The summed E-state index contributed by atoms with van der Waals surface area (Å²) < 4.78 is 5.65. The number of rotatable bonds is 5. The number of piperidine rings is 1. The first-order valence-electron chi connectivity index (χ1n) is 9.36. The normalized spacial score (nSPS) is 15.7. The minimum absolute atomic E-state index is 0.0513. The van der Waals surface area contributed by atoms with E-state index in [1.54, 1.807) is 6.20 Å². The molecule has 1 fully saturated rings. The van der Waals surface area contributed by atoms with Gasteiger partial charge in [-0.25, -0.2) is 0 Å². The van der Waals surface area contributed by atoms with Gasteiger partial charge in [0.05, 0.1) is 12.2 Å². The molecule has 1 aromatic carbocycles. The molecule has 0 saturated carbocycles. The summed E-state index contributed by atoms with van der Waals surface area (Å²) in [6.45, 7) is 4.59. The number of nitrogens with zero attached hydrogens (tertiary/aromatic N) is 2. The van der Waals surface area contributed by atoms with Crippen molar-refractivity contribution in [3.8, 4) is 11.3 Å². The lowest BCUT2D eigenvalue weighted by Crippen LogP contribution is -2.37. The van der Waals surface area contributed by atoms with E-state index < -0.39 is 0 Å². The molecule has 0 atom stereocenters. The van der Waals surface area contributed by atoms with Crippen molar-refractivity contribution in [3.05, 3.63) is 60.2 Å². The molecule has 27 heavy (non-hydrogen) atoms. The number of anilines is 1. The summed E-state index contributed by atoms with van der Waals surface area (Å²) in [7, 11) is 0. The van der Waals surface area contributed by atoms with Crippen LogP contribution in [0.3, 0.4) is 0 Å². The number of aryl methyl sites for hydroxylation is 1. The standard InChI is InChI=1S/C21H24N4O2/c1-15-5-6-19(27-15)14-25-11-8-16(9-12-25)21(26)23-18-4-2-3-17(13-18)20-7-10-22-24-20/h2-7,10,13,16H,8-9,11-12,14H2,1H3,(H,22,24)(H,23,26). The van der Waals surface area contributed by atoms with E-state index >= 15 is 0 Å². The van der Waals surface area contributed by atoms with Crippen molar-refractivity contribution in [1.82, 2.24) is 15.1 Å². The van der Waals surface area contributed by atoms with Crippen LogP contribution in [0.15, 0.2) is 53.1 Å². The first-order chi connectivity index (χ1) is 13.2. The van der Waals surface area contributed by atoms with Crippen LogP contribution in [0.5, 0.6) is 0 Å². The zero-order chi connectivity index (χ0) is 18.6. The lowest BCUT2D eigenvalue weighted by molar-refractivity contribution is -0.121. The number of H-pyrrole nitrogens is 1. The van der Waals surface area contributed by atoms with Gasteiger partial charge in [-0.3, -0.25) is 14.8 Å². The van der Waals surface area contributed by atoms with Crippen molar-refractivity contribution in [2.24, 2.45) is 5.92 Å². The molecular formula is C21H24N4O2. The summed E-state index contributed by atoms with van der Waals surface area (Å²) in [6, 6.07) is 13.8. The third kappa shape index (κ3) is 4.28. The quantitative estimate of drug-likeness (QED) is 0.722. The number of amides is 1. The second-order valence-electron chi connectivity index (χ2n) is 7.10. The molecule has 3 heterocycles. The number of carbonyl (C=O) groups is 1. The van der Waals surface area contributed by atoms with Crippen molar-refractivity contribution >= 4 is 11.6 Å². The second-order valence-corrected chi connectivity index (χ2v) is 7.10. The summed E-state index contributed by atoms with van der Waals surface area (Å²) in [5, 5.41) is 10.00. The van der Waals surface area contributed by atoms with Gasteiger partial charge in [-0.15, -0.1) is 0 Å². The molecule has 1 aliphatic rings. The van der Waals surface area contributed by atoms with Gasteiger partial charge in [-0.05, 0) is 63.2 Å². The zero-order valence-electron chi connectivity index (χ0n) is 15.4. The molecule has 1 saturated heterocycles. The average molecular weight is 364 g/mol. The maximum absolute atomic E-state index is 12.7. The van der Waals surface area contributed by atoms with Crippen molar-refractivity contribution in [1.29, 1.82) is 0 Å². The van der Waals surface area contributed by atoms with Gasteiger partial charge >= 0.3 is 0 Å². The van der Waals surface area contributed by atoms with Gasteiger partial charge in [0.1, 0.15) is 11.5 Å². The monoisotopic (exact) mass is 364 g/mol. The van der Waals surface area contributed by atoms with Crippen LogP contribution in [-0.4, -0.2) is 34.1 Å². The molecule has 0 radical (unpaired) electrons. The van der Waals surface area contributed by atoms with Gasteiger partial charge in [0.25, 0.3) is 0 Å². The summed E-state index contributed by atoms with van der Waals surface area (Å²) in [5.41, 5.74) is 2.77. The summed E-state index contributed by atoms with van der Waals surface area (Å²) in [4.78, 5) is 15.0. The van der Waals surface area contributed by atoms with E-state index in [1.165, 1.54) is 0 Å². The smallest absolute Gasteiger partial charge is 0.227 e. The van der Waals surface area contributed by atoms with E-state index in [1.807, 2.05) is 49.4 Å². The summed E-state index contributed by atoms with van der Waals surface area (Å²) >= 11 is 0. The molecule has 0 aliphatic carbocycles. The van der Waals surface area contributed by atoms with E-state index in [2.05, 4.69) is 20.4 Å². The molecule has 0 spiro atoms. The molecule has 2 N–H and O–H groups in total. The maximum Gasteiger partial charge on any atom is 0.227 e. The Morgan fingerprint density at radius 1 is 1.26 bits per heavy atom. The van der Waals surface area contributed by atoms with Crippen LogP contribution in [-0.2, 0) is 11.3 Å². The van der Waals surface area contributed by atoms with Crippen LogP contribution in [0, 0.1) is 12.8 Å². The van der Waals surface area contributed by atoms with E-state index in [9.17, 15) is 4.79 Å². The van der Waals surface area contributed by atoms with Crippen LogP contribution in [0.1, 0.15) is 24.4 Å². The number of carbonyl (C=O) groups excluding carboxylic acids is 1. The Bertz CT molecular complexity index is 893. The number of nitrogens with one attached hydrogen (secondary N) is 2. The largest absolute Gasteiger partial charge is 0.465 e. The highest BCUT2D eigenvalue weighted by Gasteiger charge is 2.25. The van der Waals surface area contributed by atoms with E-state index in [-0.39, 0.29) is 11.8 Å². The zero-order valence-corrected chi connectivity index (χ0v) is 15.4. The van der Waals surface area contributed by atoms with E-state index in [4.69, 9.17) is 4.42 Å². The van der Waals surface area contributed by atoms with Crippen LogP contribution in [0.4, 0.5) is 5.69 Å². The highest BCUT2D eigenvalue weighted by atomic mass is 16.3. The molecule has 4 rings (SSSR count). The number of aromatic amines is 1. The fourth-order valence-corrected chi connectivity index (χ4v) is 3.57. The molecule has 0 bridgehead atoms. The number of benzene rings is 1. The molecule has 3 aromatic rings. The second kappa shape index (κ2) is 7.80. The van der Waals surface area contributed by atoms with Crippen LogP contribution in [0.2, 0.25) is 0 Å². The molecule has 2 aromatic heterocycles. The van der Waals surface area contributed by atoms with Gasteiger partial charge in [0.15, 0.2) is 0 Å². The number of hydrogen-bond acceptors (Lipinski definition) is 4. The lowest BCUT2D eigenvalue weighted by Gasteiger charge is -2.30. The molecular weight excluding hydrogens is 340 g/mol. The molecule has 6 heteroatoms. The Kier molecular flexibility index (Phi) is 5.07. The molecule has 1 aliphatic heterocycles. The Balaban J connectivity index is 1.31. The highest BCUT2D eigenvalue weighted by Crippen LogP contribution is 2.24. The first kappa shape index (κ1) is 17.5. The topological polar surface area (TPSA) is 74.2 Å².